The monoisotopic (exact) mass is 209 g/mol. The van der Waals surface area contributed by atoms with E-state index in [-0.39, 0.29) is 6.04 Å². The van der Waals surface area contributed by atoms with Crippen LogP contribution in [0.1, 0.15) is 43.2 Å². The van der Waals surface area contributed by atoms with E-state index in [2.05, 4.69) is 31.9 Å². The van der Waals surface area contributed by atoms with E-state index in [4.69, 9.17) is 5.73 Å². The van der Waals surface area contributed by atoms with Crippen LogP contribution in [0.3, 0.4) is 0 Å². The van der Waals surface area contributed by atoms with E-state index < -0.39 is 0 Å². The first-order valence-corrected chi connectivity index (χ1v) is 6.05. The fourth-order valence-electron chi connectivity index (χ4n) is 1.51. The second-order valence-electron chi connectivity index (χ2n) is 3.58. The van der Waals surface area contributed by atoms with Gasteiger partial charge in [-0.05, 0) is 36.3 Å². The molecule has 0 radical (unpaired) electrons. The lowest BCUT2D eigenvalue weighted by atomic mass is 10.0. The lowest BCUT2D eigenvalue weighted by Crippen LogP contribution is -2.10. The molecule has 2 N–H and O–H groups in total. The van der Waals surface area contributed by atoms with E-state index in [9.17, 15) is 0 Å². The summed E-state index contributed by atoms with van der Waals surface area (Å²) in [5.41, 5.74) is 8.78. The van der Waals surface area contributed by atoms with Gasteiger partial charge in [-0.2, -0.15) is 0 Å². The van der Waals surface area contributed by atoms with Crippen molar-refractivity contribution >= 4 is 11.3 Å². The number of rotatable bonds is 5. The van der Waals surface area contributed by atoms with Crippen molar-refractivity contribution in [3.8, 4) is 0 Å². The highest BCUT2D eigenvalue weighted by Gasteiger charge is 2.12. The van der Waals surface area contributed by atoms with Gasteiger partial charge in [-0.15, -0.1) is 11.3 Å². The zero-order chi connectivity index (χ0) is 10.6. The van der Waals surface area contributed by atoms with Gasteiger partial charge in [-0.1, -0.05) is 26.0 Å². The lowest BCUT2D eigenvalue weighted by Gasteiger charge is -2.12. The van der Waals surface area contributed by atoms with Gasteiger partial charge in [-0.25, -0.2) is 0 Å². The van der Waals surface area contributed by atoms with Crippen LogP contribution in [0.25, 0.3) is 0 Å². The molecule has 1 unspecified atom stereocenters. The standard InChI is InChI=1S/C12H19NS/c1-4-9(3)8-11(13)12-10(5-2)6-7-14-12/h6-7,11H,3-5,8,13H2,1-2H3. The van der Waals surface area contributed by atoms with E-state index in [1.165, 1.54) is 16.0 Å². The molecule has 0 spiro atoms. The number of hydrogen-bond donors (Lipinski definition) is 1. The quantitative estimate of drug-likeness (QED) is 0.736. The zero-order valence-corrected chi connectivity index (χ0v) is 9.86. The topological polar surface area (TPSA) is 26.0 Å². The van der Waals surface area contributed by atoms with Crippen LogP contribution in [-0.4, -0.2) is 0 Å². The molecular weight excluding hydrogens is 190 g/mol. The molecule has 1 aromatic heterocycles. The molecule has 0 saturated carbocycles. The van der Waals surface area contributed by atoms with E-state index in [0.717, 1.165) is 19.3 Å². The third-order valence-electron chi connectivity index (χ3n) is 2.51. The van der Waals surface area contributed by atoms with Crippen LogP contribution in [0.15, 0.2) is 23.6 Å². The lowest BCUT2D eigenvalue weighted by molar-refractivity contribution is 0.707. The maximum absolute atomic E-state index is 6.14. The van der Waals surface area contributed by atoms with Crippen molar-refractivity contribution in [1.82, 2.24) is 0 Å². The molecule has 1 aromatic rings. The van der Waals surface area contributed by atoms with Crippen molar-refractivity contribution in [2.24, 2.45) is 5.73 Å². The van der Waals surface area contributed by atoms with Crippen LogP contribution < -0.4 is 5.73 Å². The molecule has 1 rings (SSSR count). The highest BCUT2D eigenvalue weighted by Crippen LogP contribution is 2.27. The third-order valence-corrected chi connectivity index (χ3v) is 3.60. The Bertz CT molecular complexity index is 301. The average molecular weight is 209 g/mol. The van der Waals surface area contributed by atoms with Gasteiger partial charge in [0.05, 0.1) is 0 Å². The molecule has 0 saturated heterocycles. The Kier molecular flexibility index (Phi) is 4.36. The predicted octanol–water partition coefficient (Wildman–Crippen LogP) is 3.67. The van der Waals surface area contributed by atoms with Crippen molar-refractivity contribution in [2.75, 3.05) is 0 Å². The molecule has 1 heterocycles. The Labute approximate surface area is 90.6 Å². The van der Waals surface area contributed by atoms with E-state index in [0.29, 0.717) is 0 Å². The summed E-state index contributed by atoms with van der Waals surface area (Å²) in [5, 5.41) is 2.13. The zero-order valence-electron chi connectivity index (χ0n) is 9.05. The van der Waals surface area contributed by atoms with Crippen molar-refractivity contribution in [3.63, 3.8) is 0 Å². The summed E-state index contributed by atoms with van der Waals surface area (Å²) in [6.07, 6.45) is 3.02. The highest BCUT2D eigenvalue weighted by atomic mass is 32.1. The number of nitrogens with two attached hydrogens (primary N) is 1. The van der Waals surface area contributed by atoms with Crippen LogP contribution in [-0.2, 0) is 6.42 Å². The molecule has 0 aromatic carbocycles. The summed E-state index contributed by atoms with van der Waals surface area (Å²) in [4.78, 5) is 1.34. The summed E-state index contributed by atoms with van der Waals surface area (Å²) in [5.74, 6) is 0. The van der Waals surface area contributed by atoms with E-state index >= 15 is 0 Å². The number of hydrogen-bond acceptors (Lipinski definition) is 2. The second-order valence-corrected chi connectivity index (χ2v) is 4.53. The van der Waals surface area contributed by atoms with Gasteiger partial charge >= 0.3 is 0 Å². The van der Waals surface area contributed by atoms with Gasteiger partial charge < -0.3 is 5.73 Å². The Morgan fingerprint density at radius 3 is 2.86 bits per heavy atom. The number of thiophene rings is 1. The summed E-state index contributed by atoms with van der Waals surface area (Å²) < 4.78 is 0. The fourth-order valence-corrected chi connectivity index (χ4v) is 2.51. The van der Waals surface area contributed by atoms with Crippen LogP contribution in [0, 0.1) is 0 Å². The molecule has 2 heteroatoms. The second kappa shape index (κ2) is 5.32. The SMILES string of the molecule is C=C(CC)CC(N)c1sccc1CC. The van der Waals surface area contributed by atoms with Gasteiger partial charge in [0, 0.05) is 10.9 Å². The molecular formula is C12H19NS. The average Bonchev–Trinajstić information content (AvgIpc) is 2.65. The molecule has 0 amide bonds. The fraction of sp³-hybridized carbons (Fsp3) is 0.500. The van der Waals surface area contributed by atoms with E-state index in [1.807, 2.05) is 0 Å². The molecule has 14 heavy (non-hydrogen) atoms. The van der Waals surface area contributed by atoms with Crippen LogP contribution in [0.5, 0.6) is 0 Å². The van der Waals surface area contributed by atoms with Gasteiger partial charge in [-0.3, -0.25) is 0 Å². The predicted molar refractivity (Wildman–Crippen MR) is 64.7 cm³/mol. The van der Waals surface area contributed by atoms with Gasteiger partial charge in [0.25, 0.3) is 0 Å². The smallest absolute Gasteiger partial charge is 0.0430 e. The number of aryl methyl sites for hydroxylation is 1. The minimum Gasteiger partial charge on any atom is -0.323 e. The summed E-state index contributed by atoms with van der Waals surface area (Å²) in [7, 11) is 0. The van der Waals surface area contributed by atoms with Crippen molar-refractivity contribution in [1.29, 1.82) is 0 Å². The largest absolute Gasteiger partial charge is 0.323 e. The summed E-state index contributed by atoms with van der Waals surface area (Å²) in [6, 6.07) is 2.33. The van der Waals surface area contributed by atoms with E-state index in [1.54, 1.807) is 11.3 Å². The minimum absolute atomic E-state index is 0.150. The maximum atomic E-state index is 6.14. The molecule has 0 aliphatic rings. The molecule has 78 valence electrons. The highest BCUT2D eigenvalue weighted by molar-refractivity contribution is 7.10. The molecule has 1 atom stereocenters. The Hall–Kier alpha value is -0.600. The van der Waals surface area contributed by atoms with Gasteiger partial charge in [0.1, 0.15) is 0 Å². The normalized spacial score (nSPS) is 12.8. The van der Waals surface area contributed by atoms with Crippen LogP contribution >= 0.6 is 11.3 Å². The Balaban J connectivity index is 2.68. The Morgan fingerprint density at radius 1 is 1.57 bits per heavy atom. The van der Waals surface area contributed by atoms with Crippen LogP contribution in [0.4, 0.5) is 0 Å². The minimum atomic E-state index is 0.150. The van der Waals surface area contributed by atoms with Gasteiger partial charge in [0.2, 0.25) is 0 Å². The molecule has 0 aliphatic heterocycles. The molecule has 0 bridgehead atoms. The van der Waals surface area contributed by atoms with Crippen molar-refractivity contribution < 1.29 is 0 Å². The molecule has 1 nitrogen and oxygen atoms in total. The van der Waals surface area contributed by atoms with Crippen LogP contribution in [0.2, 0.25) is 0 Å². The summed E-state index contributed by atoms with van der Waals surface area (Å²) >= 11 is 1.77. The van der Waals surface area contributed by atoms with Crippen molar-refractivity contribution in [3.05, 3.63) is 34.0 Å². The van der Waals surface area contributed by atoms with Gasteiger partial charge in [0.15, 0.2) is 0 Å². The first-order valence-electron chi connectivity index (χ1n) is 5.17. The molecule has 0 fully saturated rings. The summed E-state index contributed by atoms with van der Waals surface area (Å²) in [6.45, 7) is 8.31. The van der Waals surface area contributed by atoms with Crippen molar-refractivity contribution in [2.45, 2.75) is 39.2 Å². The first-order chi connectivity index (χ1) is 6.69. The molecule has 0 aliphatic carbocycles. The Morgan fingerprint density at radius 2 is 2.29 bits per heavy atom. The first kappa shape index (κ1) is 11.5. The third kappa shape index (κ3) is 2.69. The maximum Gasteiger partial charge on any atom is 0.0430 e.